The van der Waals surface area contributed by atoms with Gasteiger partial charge in [-0.25, -0.2) is 4.79 Å². The Labute approximate surface area is 227 Å². The third kappa shape index (κ3) is 6.27. The summed E-state index contributed by atoms with van der Waals surface area (Å²) >= 11 is 6.21. The van der Waals surface area contributed by atoms with Gasteiger partial charge in [-0.2, -0.15) is 0 Å². The number of hydrogen-bond donors (Lipinski definition) is 3. The Balaban J connectivity index is 1.43. The Kier molecular flexibility index (Phi) is 8.28. The van der Waals surface area contributed by atoms with E-state index in [9.17, 15) is 19.5 Å². The number of halogens is 1. The number of nitrogens with one attached hydrogen (secondary N) is 2. The van der Waals surface area contributed by atoms with Gasteiger partial charge in [0.15, 0.2) is 5.60 Å². The molecule has 2 aliphatic rings. The molecule has 2 atom stereocenters. The van der Waals surface area contributed by atoms with Crippen LogP contribution in [0.3, 0.4) is 0 Å². The zero-order chi connectivity index (χ0) is 27.5. The lowest BCUT2D eigenvalue weighted by Gasteiger charge is -2.37. The minimum absolute atomic E-state index is 0.169. The normalized spacial score (nSPS) is 21.0. The van der Waals surface area contributed by atoms with Gasteiger partial charge in [0.1, 0.15) is 11.6 Å². The molecule has 9 nitrogen and oxygen atoms in total. The third-order valence-electron chi connectivity index (χ3n) is 6.95. The average molecular weight is 543 g/mol. The second-order valence-electron chi connectivity index (χ2n) is 10.9. The van der Waals surface area contributed by atoms with Crippen LogP contribution in [-0.4, -0.2) is 51.1 Å². The Bertz CT molecular complexity index is 1210. The number of benzene rings is 1. The van der Waals surface area contributed by atoms with E-state index in [0.717, 1.165) is 23.1 Å². The Morgan fingerprint density at radius 3 is 2.68 bits per heavy atom. The second kappa shape index (κ2) is 11.3. The molecule has 1 aliphatic heterocycles. The number of aliphatic hydroxyl groups is 1. The molecule has 38 heavy (non-hydrogen) atoms. The van der Waals surface area contributed by atoms with Gasteiger partial charge in [0.2, 0.25) is 5.91 Å². The van der Waals surface area contributed by atoms with Crippen LogP contribution in [0.15, 0.2) is 36.7 Å². The molecule has 1 fully saturated rings. The van der Waals surface area contributed by atoms with E-state index in [1.807, 2.05) is 0 Å². The summed E-state index contributed by atoms with van der Waals surface area (Å²) in [7, 11) is 0. The summed E-state index contributed by atoms with van der Waals surface area (Å²) in [6, 6.07) is 6.26. The summed E-state index contributed by atoms with van der Waals surface area (Å²) in [5.74, 6) is -0.733. The van der Waals surface area contributed by atoms with Crippen LogP contribution in [0.4, 0.5) is 4.79 Å². The highest BCUT2D eigenvalue weighted by Gasteiger charge is 2.47. The standard InChI is InChI=1S/C28H35ClN4O5/c1-27(2,3)38-26(36)32-16-18-8-9-21(29)14-20(18)17-31-24(34)23-7-5-13-33(23)25(35)28(37)11-4-6-19-15-30-12-10-22(19)28/h8-10,12,14-15,23,37H,4-7,11,13,16-17H2,1-3H3,(H,31,34)(H,32,36)/t23-,28?/m0/s1. The lowest BCUT2D eigenvalue weighted by molar-refractivity contribution is -0.157. The maximum Gasteiger partial charge on any atom is 0.407 e. The highest BCUT2D eigenvalue weighted by molar-refractivity contribution is 6.30. The number of alkyl carbamates (subject to hydrolysis) is 1. The van der Waals surface area contributed by atoms with Crippen molar-refractivity contribution in [1.29, 1.82) is 0 Å². The first-order valence-corrected chi connectivity index (χ1v) is 13.3. The fraction of sp³-hybridized carbons (Fsp3) is 0.500. The monoisotopic (exact) mass is 542 g/mol. The first-order chi connectivity index (χ1) is 18.0. The number of amides is 3. The summed E-state index contributed by atoms with van der Waals surface area (Å²) in [6.07, 6.45) is 5.65. The Morgan fingerprint density at radius 1 is 1.16 bits per heavy atom. The van der Waals surface area contributed by atoms with E-state index in [1.54, 1.807) is 57.4 Å². The van der Waals surface area contributed by atoms with E-state index in [1.165, 1.54) is 4.90 Å². The molecule has 1 aromatic carbocycles. The minimum Gasteiger partial charge on any atom is -0.444 e. The summed E-state index contributed by atoms with van der Waals surface area (Å²) in [6.45, 7) is 6.14. The van der Waals surface area contributed by atoms with Crippen LogP contribution >= 0.6 is 11.6 Å². The van der Waals surface area contributed by atoms with E-state index in [0.29, 0.717) is 42.8 Å². The highest BCUT2D eigenvalue weighted by atomic mass is 35.5. The number of aryl methyl sites for hydroxylation is 1. The second-order valence-corrected chi connectivity index (χ2v) is 11.3. The zero-order valence-electron chi connectivity index (χ0n) is 22.1. The maximum absolute atomic E-state index is 13.6. The van der Waals surface area contributed by atoms with Crippen molar-refractivity contribution < 1.29 is 24.2 Å². The number of pyridine rings is 1. The first kappa shape index (κ1) is 27.9. The molecule has 0 saturated carbocycles. The van der Waals surface area contributed by atoms with Crippen molar-refractivity contribution in [3.63, 3.8) is 0 Å². The number of carbonyl (C=O) groups excluding carboxylic acids is 3. The molecule has 4 rings (SSSR count). The minimum atomic E-state index is -1.66. The number of nitrogens with zero attached hydrogens (tertiary/aromatic N) is 2. The zero-order valence-corrected chi connectivity index (χ0v) is 22.8. The van der Waals surface area contributed by atoms with Crippen molar-refractivity contribution in [2.24, 2.45) is 0 Å². The lowest BCUT2D eigenvalue weighted by atomic mass is 9.79. The van der Waals surface area contributed by atoms with Gasteiger partial charge in [-0.15, -0.1) is 0 Å². The fourth-order valence-corrected chi connectivity index (χ4v) is 5.35. The molecule has 1 saturated heterocycles. The summed E-state index contributed by atoms with van der Waals surface area (Å²) < 4.78 is 5.30. The quantitative estimate of drug-likeness (QED) is 0.513. The molecular weight excluding hydrogens is 508 g/mol. The highest BCUT2D eigenvalue weighted by Crippen LogP contribution is 2.38. The third-order valence-corrected chi connectivity index (χ3v) is 7.18. The molecule has 2 heterocycles. The van der Waals surface area contributed by atoms with Crippen molar-refractivity contribution in [2.75, 3.05) is 6.54 Å². The molecule has 2 aromatic rings. The van der Waals surface area contributed by atoms with Crippen molar-refractivity contribution in [2.45, 2.75) is 83.2 Å². The van der Waals surface area contributed by atoms with E-state index in [2.05, 4.69) is 15.6 Å². The van der Waals surface area contributed by atoms with Gasteiger partial charge in [0.05, 0.1) is 0 Å². The molecule has 1 aromatic heterocycles. The van der Waals surface area contributed by atoms with Crippen LogP contribution < -0.4 is 10.6 Å². The lowest BCUT2D eigenvalue weighted by Crippen LogP contribution is -2.53. The Hall–Kier alpha value is -3.17. The summed E-state index contributed by atoms with van der Waals surface area (Å²) in [5, 5.41) is 17.6. The molecule has 0 bridgehead atoms. The molecule has 3 N–H and O–H groups in total. The molecule has 0 spiro atoms. The van der Waals surface area contributed by atoms with Crippen molar-refractivity contribution in [3.8, 4) is 0 Å². The van der Waals surface area contributed by atoms with Crippen molar-refractivity contribution in [3.05, 3.63) is 63.9 Å². The van der Waals surface area contributed by atoms with Gasteiger partial charge in [0, 0.05) is 37.1 Å². The molecule has 1 unspecified atom stereocenters. The van der Waals surface area contributed by atoms with Gasteiger partial charge in [-0.1, -0.05) is 17.7 Å². The number of carbonyl (C=O) groups is 3. The van der Waals surface area contributed by atoms with Crippen LogP contribution in [0.2, 0.25) is 5.02 Å². The van der Waals surface area contributed by atoms with Gasteiger partial charge >= 0.3 is 6.09 Å². The number of fused-ring (bicyclic) bond motifs is 1. The predicted molar refractivity (Wildman–Crippen MR) is 142 cm³/mol. The molecule has 0 radical (unpaired) electrons. The summed E-state index contributed by atoms with van der Waals surface area (Å²) in [5.41, 5.74) is 0.688. The topological polar surface area (TPSA) is 121 Å². The molecule has 10 heteroatoms. The van der Waals surface area contributed by atoms with Crippen molar-refractivity contribution >= 4 is 29.5 Å². The predicted octanol–water partition coefficient (Wildman–Crippen LogP) is 3.59. The van der Waals surface area contributed by atoms with E-state index in [-0.39, 0.29) is 19.0 Å². The molecule has 1 aliphatic carbocycles. The number of hydrogen-bond acceptors (Lipinski definition) is 6. The maximum atomic E-state index is 13.6. The van der Waals surface area contributed by atoms with Crippen LogP contribution in [-0.2, 0) is 39.4 Å². The largest absolute Gasteiger partial charge is 0.444 e. The number of aromatic nitrogens is 1. The summed E-state index contributed by atoms with van der Waals surface area (Å²) in [4.78, 5) is 44.6. The van der Waals surface area contributed by atoms with Crippen LogP contribution in [0, 0.1) is 0 Å². The average Bonchev–Trinajstić information content (AvgIpc) is 3.35. The SMILES string of the molecule is CC(C)(C)OC(=O)NCc1ccc(Cl)cc1CNC(=O)[C@@H]1CCCN1C(=O)C1(O)CCCc2cnccc21. The Morgan fingerprint density at radius 2 is 1.92 bits per heavy atom. The molecular formula is C28H35ClN4O5. The smallest absolute Gasteiger partial charge is 0.407 e. The molecule has 204 valence electrons. The fourth-order valence-electron chi connectivity index (χ4n) is 5.15. The van der Waals surface area contributed by atoms with E-state index in [4.69, 9.17) is 16.3 Å². The number of rotatable bonds is 6. The van der Waals surface area contributed by atoms with Crippen LogP contribution in [0.1, 0.15) is 68.7 Å². The van der Waals surface area contributed by atoms with E-state index >= 15 is 0 Å². The van der Waals surface area contributed by atoms with Crippen LogP contribution in [0.25, 0.3) is 0 Å². The van der Waals surface area contributed by atoms with Gasteiger partial charge in [-0.3, -0.25) is 14.6 Å². The van der Waals surface area contributed by atoms with Gasteiger partial charge in [-0.05, 0) is 93.3 Å². The van der Waals surface area contributed by atoms with Crippen molar-refractivity contribution in [1.82, 2.24) is 20.5 Å². The first-order valence-electron chi connectivity index (χ1n) is 13.0. The van der Waals surface area contributed by atoms with Gasteiger partial charge in [0.25, 0.3) is 5.91 Å². The molecule has 3 amide bonds. The van der Waals surface area contributed by atoms with E-state index < -0.39 is 29.2 Å². The van der Waals surface area contributed by atoms with Crippen LogP contribution in [0.5, 0.6) is 0 Å². The van der Waals surface area contributed by atoms with Gasteiger partial charge < -0.3 is 25.4 Å². The number of likely N-dealkylation sites (tertiary alicyclic amines) is 1. The number of ether oxygens (including phenoxy) is 1.